The Kier molecular flexibility index (Phi) is 3.28. The number of rotatable bonds is 3. The molecule has 0 bridgehead atoms. The number of hydrogen-bond donors (Lipinski definition) is 3. The molecule has 0 spiro atoms. The van der Waals surface area contributed by atoms with E-state index in [0.717, 1.165) is 0 Å². The van der Waals surface area contributed by atoms with Crippen molar-refractivity contribution in [3.8, 4) is 0 Å². The average Bonchev–Trinajstić information content (AvgIpc) is 2.14. The summed E-state index contributed by atoms with van der Waals surface area (Å²) >= 11 is 0. The number of nitrogens with two attached hydrogens (primary N) is 1. The van der Waals surface area contributed by atoms with Gasteiger partial charge in [0.05, 0.1) is 0 Å². The van der Waals surface area contributed by atoms with Crippen molar-refractivity contribution in [3.63, 3.8) is 0 Å². The molecular formula is C8H10N2O4S. The van der Waals surface area contributed by atoms with Gasteiger partial charge in [-0.25, -0.2) is 0 Å². The van der Waals surface area contributed by atoms with Gasteiger partial charge < -0.3 is 11.1 Å². The smallest absolute Gasteiger partial charge is 0.283 e. The molecule has 0 heterocycles. The fourth-order valence-electron chi connectivity index (χ4n) is 0.893. The summed E-state index contributed by atoms with van der Waals surface area (Å²) in [5, 5.41) is 2.04. The molecule has 0 unspecified atom stereocenters. The third-order valence-electron chi connectivity index (χ3n) is 1.59. The van der Waals surface area contributed by atoms with Gasteiger partial charge in [0.25, 0.3) is 16.0 Å². The van der Waals surface area contributed by atoms with E-state index in [0.29, 0.717) is 5.69 Å². The maximum absolute atomic E-state index is 11.3. The van der Waals surface area contributed by atoms with Gasteiger partial charge in [-0.3, -0.25) is 9.35 Å². The Bertz CT molecular complexity index is 452. The molecule has 7 heteroatoms. The summed E-state index contributed by atoms with van der Waals surface area (Å²) < 4.78 is 29.1. The van der Waals surface area contributed by atoms with Crippen LogP contribution in [-0.4, -0.2) is 24.8 Å². The van der Waals surface area contributed by atoms with Crippen LogP contribution in [0.15, 0.2) is 24.3 Å². The molecule has 0 aliphatic carbocycles. The van der Waals surface area contributed by atoms with Crippen LogP contribution in [0.3, 0.4) is 0 Å². The maximum Gasteiger partial charge on any atom is 0.283 e. The van der Waals surface area contributed by atoms with E-state index in [9.17, 15) is 13.2 Å². The molecule has 0 atom stereocenters. The molecule has 82 valence electrons. The predicted molar refractivity (Wildman–Crippen MR) is 54.7 cm³/mol. The number of amides is 1. The highest BCUT2D eigenvalue weighted by Crippen LogP contribution is 2.04. The number of anilines is 1. The molecule has 0 saturated carbocycles. The molecule has 1 aromatic rings. The van der Waals surface area contributed by atoms with E-state index < -0.39 is 21.9 Å². The van der Waals surface area contributed by atoms with Crippen molar-refractivity contribution in [3.05, 3.63) is 29.8 Å². The second-order valence-electron chi connectivity index (χ2n) is 2.85. The SMILES string of the molecule is Nc1ccc(C(=O)NCS(=O)(=O)O)cc1. The summed E-state index contributed by atoms with van der Waals surface area (Å²) in [5.74, 6) is -1.40. The summed E-state index contributed by atoms with van der Waals surface area (Å²) in [7, 11) is -4.19. The van der Waals surface area contributed by atoms with Crippen molar-refractivity contribution in [2.24, 2.45) is 0 Å². The number of nitrogens with one attached hydrogen (secondary N) is 1. The molecule has 1 aromatic carbocycles. The van der Waals surface area contributed by atoms with Crippen LogP contribution in [0.25, 0.3) is 0 Å². The maximum atomic E-state index is 11.3. The van der Waals surface area contributed by atoms with E-state index >= 15 is 0 Å². The van der Waals surface area contributed by atoms with Crippen molar-refractivity contribution in [2.75, 3.05) is 11.6 Å². The third-order valence-corrected chi connectivity index (χ3v) is 2.10. The zero-order valence-corrected chi connectivity index (χ0v) is 8.49. The Morgan fingerprint density at radius 1 is 1.33 bits per heavy atom. The Morgan fingerprint density at radius 2 is 1.87 bits per heavy atom. The number of carbonyl (C=O) groups excluding carboxylic acids is 1. The normalized spacial score (nSPS) is 11.0. The number of benzene rings is 1. The highest BCUT2D eigenvalue weighted by Gasteiger charge is 2.09. The van der Waals surface area contributed by atoms with Crippen molar-refractivity contribution in [1.29, 1.82) is 0 Å². The van der Waals surface area contributed by atoms with E-state index in [-0.39, 0.29) is 5.56 Å². The quantitative estimate of drug-likeness (QED) is 0.494. The molecule has 0 aliphatic heterocycles. The third kappa shape index (κ3) is 3.96. The molecule has 15 heavy (non-hydrogen) atoms. The second kappa shape index (κ2) is 4.28. The van der Waals surface area contributed by atoms with Crippen LogP contribution in [-0.2, 0) is 10.1 Å². The highest BCUT2D eigenvalue weighted by atomic mass is 32.2. The Morgan fingerprint density at radius 3 is 2.33 bits per heavy atom. The van der Waals surface area contributed by atoms with Crippen LogP contribution in [0.4, 0.5) is 5.69 Å². The molecule has 1 rings (SSSR count). The second-order valence-corrected chi connectivity index (χ2v) is 4.31. The zero-order chi connectivity index (χ0) is 11.5. The first-order valence-corrected chi connectivity index (χ1v) is 5.58. The lowest BCUT2D eigenvalue weighted by atomic mass is 10.2. The van der Waals surface area contributed by atoms with E-state index in [1.807, 2.05) is 5.32 Å². The van der Waals surface area contributed by atoms with Gasteiger partial charge in [-0.05, 0) is 24.3 Å². The molecule has 0 aromatic heterocycles. The summed E-state index contributed by atoms with van der Waals surface area (Å²) in [6, 6.07) is 5.94. The molecule has 6 nitrogen and oxygen atoms in total. The lowest BCUT2D eigenvalue weighted by molar-refractivity contribution is 0.0959. The summed E-state index contributed by atoms with van der Waals surface area (Å²) in [6.45, 7) is 0. The topological polar surface area (TPSA) is 109 Å². The minimum Gasteiger partial charge on any atom is -0.399 e. The van der Waals surface area contributed by atoms with Gasteiger partial charge in [0.1, 0.15) is 5.88 Å². The zero-order valence-electron chi connectivity index (χ0n) is 7.67. The molecule has 0 saturated heterocycles. The average molecular weight is 230 g/mol. The van der Waals surface area contributed by atoms with Gasteiger partial charge in [0, 0.05) is 11.3 Å². The first-order valence-electron chi connectivity index (χ1n) is 3.97. The van der Waals surface area contributed by atoms with Gasteiger partial charge in [-0.1, -0.05) is 0 Å². The van der Waals surface area contributed by atoms with E-state index in [4.69, 9.17) is 10.3 Å². The van der Waals surface area contributed by atoms with Crippen LogP contribution in [0.2, 0.25) is 0 Å². The van der Waals surface area contributed by atoms with Crippen molar-refractivity contribution < 1.29 is 17.8 Å². The number of carbonyl (C=O) groups is 1. The fourth-order valence-corrected chi connectivity index (χ4v) is 1.21. The van der Waals surface area contributed by atoms with Crippen LogP contribution in [0.5, 0.6) is 0 Å². The lowest BCUT2D eigenvalue weighted by Crippen LogP contribution is -2.29. The van der Waals surface area contributed by atoms with Crippen molar-refractivity contribution in [1.82, 2.24) is 5.32 Å². The van der Waals surface area contributed by atoms with E-state index in [1.165, 1.54) is 24.3 Å². The monoisotopic (exact) mass is 230 g/mol. The molecular weight excluding hydrogens is 220 g/mol. The van der Waals surface area contributed by atoms with Crippen molar-refractivity contribution >= 4 is 21.7 Å². The Balaban J connectivity index is 2.66. The molecule has 0 radical (unpaired) electrons. The van der Waals surface area contributed by atoms with Crippen LogP contribution in [0, 0.1) is 0 Å². The fraction of sp³-hybridized carbons (Fsp3) is 0.125. The standard InChI is InChI=1S/C8H10N2O4S/c9-7-3-1-6(2-4-7)8(11)10-5-15(12,13)14/h1-4H,5,9H2,(H,10,11)(H,12,13,14). The van der Waals surface area contributed by atoms with Crippen LogP contribution < -0.4 is 11.1 Å². The largest absolute Gasteiger partial charge is 0.399 e. The summed E-state index contributed by atoms with van der Waals surface area (Å²) in [5.41, 5.74) is 6.17. The Hall–Kier alpha value is -1.60. The number of nitrogen functional groups attached to an aromatic ring is 1. The predicted octanol–water partition coefficient (Wildman–Crippen LogP) is -0.156. The lowest BCUT2D eigenvalue weighted by Gasteiger charge is -2.02. The van der Waals surface area contributed by atoms with Gasteiger partial charge in [0.15, 0.2) is 0 Å². The van der Waals surface area contributed by atoms with Gasteiger partial charge in [-0.2, -0.15) is 8.42 Å². The minimum atomic E-state index is -4.19. The summed E-state index contributed by atoms with van der Waals surface area (Å²) in [6.07, 6.45) is 0. The molecule has 4 N–H and O–H groups in total. The molecule has 0 fully saturated rings. The Labute approximate surface area is 86.8 Å². The first-order chi connectivity index (χ1) is 6.88. The van der Waals surface area contributed by atoms with Gasteiger partial charge >= 0.3 is 0 Å². The highest BCUT2D eigenvalue weighted by molar-refractivity contribution is 7.85. The molecule has 0 aliphatic rings. The summed E-state index contributed by atoms with van der Waals surface area (Å²) in [4.78, 5) is 11.3. The van der Waals surface area contributed by atoms with E-state index in [2.05, 4.69) is 0 Å². The van der Waals surface area contributed by atoms with Crippen LogP contribution in [0.1, 0.15) is 10.4 Å². The van der Waals surface area contributed by atoms with E-state index in [1.54, 1.807) is 0 Å². The molecule has 1 amide bonds. The van der Waals surface area contributed by atoms with Gasteiger partial charge in [-0.15, -0.1) is 0 Å². The first kappa shape index (κ1) is 11.5. The number of hydrogen-bond acceptors (Lipinski definition) is 4. The minimum absolute atomic E-state index is 0.271. The van der Waals surface area contributed by atoms with Crippen molar-refractivity contribution in [2.45, 2.75) is 0 Å². The van der Waals surface area contributed by atoms with Crippen LogP contribution >= 0.6 is 0 Å². The van der Waals surface area contributed by atoms with Gasteiger partial charge in [0.2, 0.25) is 0 Å².